The van der Waals surface area contributed by atoms with Crippen LogP contribution in [0.2, 0.25) is 0 Å². The van der Waals surface area contributed by atoms with Crippen LogP contribution in [0.4, 0.5) is 17.1 Å². The van der Waals surface area contributed by atoms with E-state index in [0.717, 1.165) is 12.1 Å². The molecule has 0 heterocycles. The number of nitrogens with one attached hydrogen (secondary N) is 3. The van der Waals surface area contributed by atoms with Crippen molar-refractivity contribution in [3.8, 4) is 6.07 Å². The second-order valence-corrected chi connectivity index (χ2v) is 6.95. The molecule has 4 N–H and O–H groups in total. The Balaban J connectivity index is 2.04. The fourth-order valence-corrected chi connectivity index (χ4v) is 2.55. The minimum absolute atomic E-state index is 0.200. The number of benzene rings is 2. The van der Waals surface area contributed by atoms with Gasteiger partial charge in [0.1, 0.15) is 11.6 Å². The van der Waals surface area contributed by atoms with Crippen molar-refractivity contribution in [3.05, 3.63) is 60.3 Å². The molecule has 0 unspecified atom stereocenters. The van der Waals surface area contributed by atoms with Gasteiger partial charge in [0, 0.05) is 30.2 Å². The molecule has 0 radical (unpaired) electrons. The summed E-state index contributed by atoms with van der Waals surface area (Å²) in [5, 5.41) is 17.0. The lowest BCUT2D eigenvalue weighted by molar-refractivity contribution is -0.114. The van der Waals surface area contributed by atoms with Gasteiger partial charge in [0.05, 0.1) is 4.90 Å². The van der Waals surface area contributed by atoms with Crippen LogP contribution in [0.3, 0.4) is 0 Å². The molecule has 0 saturated carbocycles. The third kappa shape index (κ3) is 5.94. The SMILES string of the molecule is CC(=O)Nc1ccc(N/C=C(/C#N)C(=O)Nc2ccc(S(=O)(=O)O)cc2)cc1. The van der Waals surface area contributed by atoms with Crippen molar-refractivity contribution in [1.29, 1.82) is 5.26 Å². The molecule has 2 aromatic carbocycles. The zero-order valence-electron chi connectivity index (χ0n) is 14.6. The van der Waals surface area contributed by atoms with Gasteiger partial charge in [-0.15, -0.1) is 0 Å². The molecule has 9 nitrogen and oxygen atoms in total. The number of hydrogen-bond donors (Lipinski definition) is 4. The molecule has 0 spiro atoms. The van der Waals surface area contributed by atoms with Crippen molar-refractivity contribution in [3.63, 3.8) is 0 Å². The molecule has 0 aromatic heterocycles. The first-order chi connectivity index (χ1) is 13.2. The summed E-state index contributed by atoms with van der Waals surface area (Å²) in [5.41, 5.74) is 1.23. The maximum absolute atomic E-state index is 12.2. The second kappa shape index (κ2) is 8.81. The summed E-state index contributed by atoms with van der Waals surface area (Å²) in [4.78, 5) is 22.8. The lowest BCUT2D eigenvalue weighted by Crippen LogP contribution is -2.14. The molecule has 0 fully saturated rings. The molecule has 0 aliphatic carbocycles. The standard InChI is InChI=1S/C18H16N4O5S/c1-12(23)21-15-4-2-14(3-5-15)20-11-13(10-19)18(24)22-16-6-8-17(9-7-16)28(25,26)27/h2-9,11,20H,1H3,(H,21,23)(H,22,24)(H,25,26,27)/b13-11-. The highest BCUT2D eigenvalue weighted by molar-refractivity contribution is 7.85. The summed E-state index contributed by atoms with van der Waals surface area (Å²) in [5.74, 6) is -0.905. The van der Waals surface area contributed by atoms with E-state index in [1.807, 2.05) is 0 Å². The lowest BCUT2D eigenvalue weighted by Gasteiger charge is -2.07. The number of hydrogen-bond acceptors (Lipinski definition) is 6. The van der Waals surface area contributed by atoms with Gasteiger partial charge in [0.15, 0.2) is 0 Å². The second-order valence-electron chi connectivity index (χ2n) is 5.53. The Morgan fingerprint density at radius 3 is 1.96 bits per heavy atom. The summed E-state index contributed by atoms with van der Waals surface area (Å²) >= 11 is 0. The van der Waals surface area contributed by atoms with Crippen molar-refractivity contribution in [1.82, 2.24) is 0 Å². The highest BCUT2D eigenvalue weighted by atomic mass is 32.2. The first kappa shape index (κ1) is 20.6. The van der Waals surface area contributed by atoms with Gasteiger partial charge in [-0.1, -0.05) is 0 Å². The quantitative estimate of drug-likeness (QED) is 0.330. The summed E-state index contributed by atoms with van der Waals surface area (Å²) in [6, 6.07) is 13.2. The van der Waals surface area contributed by atoms with Gasteiger partial charge in [-0.25, -0.2) is 0 Å². The maximum Gasteiger partial charge on any atom is 0.294 e. The van der Waals surface area contributed by atoms with E-state index in [0.29, 0.717) is 11.4 Å². The molecule has 0 bridgehead atoms. The zero-order valence-corrected chi connectivity index (χ0v) is 15.4. The lowest BCUT2D eigenvalue weighted by atomic mass is 10.2. The average molecular weight is 400 g/mol. The molecule has 28 heavy (non-hydrogen) atoms. The van der Waals surface area contributed by atoms with Crippen LogP contribution in [0.15, 0.2) is 65.2 Å². The Labute approximate surface area is 161 Å². The number of carbonyl (C=O) groups excluding carboxylic acids is 2. The highest BCUT2D eigenvalue weighted by Gasteiger charge is 2.12. The Kier molecular flexibility index (Phi) is 6.49. The van der Waals surface area contributed by atoms with E-state index in [2.05, 4.69) is 16.0 Å². The van der Waals surface area contributed by atoms with Crippen LogP contribution in [0.5, 0.6) is 0 Å². The monoisotopic (exact) mass is 400 g/mol. The fraction of sp³-hybridized carbons (Fsp3) is 0.0556. The third-order valence-electron chi connectivity index (χ3n) is 3.36. The van der Waals surface area contributed by atoms with E-state index in [9.17, 15) is 18.0 Å². The van der Waals surface area contributed by atoms with Gasteiger partial charge >= 0.3 is 0 Å². The smallest absolute Gasteiger partial charge is 0.294 e. The van der Waals surface area contributed by atoms with Gasteiger partial charge in [-0.05, 0) is 48.5 Å². The Morgan fingerprint density at radius 2 is 1.46 bits per heavy atom. The Morgan fingerprint density at radius 1 is 0.964 bits per heavy atom. The average Bonchev–Trinajstić information content (AvgIpc) is 2.63. The number of nitriles is 1. The molecular formula is C18H16N4O5S. The van der Waals surface area contributed by atoms with Crippen molar-refractivity contribution >= 4 is 39.0 Å². The molecule has 0 aliphatic heterocycles. The number of carbonyl (C=O) groups is 2. The molecule has 2 aromatic rings. The number of amides is 2. The molecule has 0 atom stereocenters. The predicted octanol–water partition coefficient (Wildman–Crippen LogP) is 2.35. The van der Waals surface area contributed by atoms with Gasteiger partial charge in [0.2, 0.25) is 5.91 Å². The van der Waals surface area contributed by atoms with Crippen molar-refractivity contribution in [2.75, 3.05) is 16.0 Å². The minimum atomic E-state index is -4.33. The van der Waals surface area contributed by atoms with E-state index in [-0.39, 0.29) is 22.1 Å². The number of nitrogens with zero attached hydrogens (tertiary/aromatic N) is 1. The van der Waals surface area contributed by atoms with E-state index in [1.54, 1.807) is 30.3 Å². The van der Waals surface area contributed by atoms with Gasteiger partial charge in [-0.3, -0.25) is 14.1 Å². The van der Waals surface area contributed by atoms with Crippen LogP contribution in [0, 0.1) is 11.3 Å². The predicted molar refractivity (Wildman–Crippen MR) is 103 cm³/mol. The maximum atomic E-state index is 12.2. The summed E-state index contributed by atoms with van der Waals surface area (Å²) < 4.78 is 30.9. The van der Waals surface area contributed by atoms with Crippen LogP contribution in [-0.2, 0) is 19.7 Å². The van der Waals surface area contributed by atoms with Crippen LogP contribution in [0.1, 0.15) is 6.92 Å². The van der Waals surface area contributed by atoms with E-state index in [4.69, 9.17) is 9.81 Å². The van der Waals surface area contributed by atoms with E-state index in [1.165, 1.54) is 25.3 Å². The zero-order chi connectivity index (χ0) is 20.7. The van der Waals surface area contributed by atoms with Gasteiger partial charge in [-0.2, -0.15) is 13.7 Å². The topological polar surface area (TPSA) is 148 Å². The van der Waals surface area contributed by atoms with E-state index < -0.39 is 16.0 Å². The fourth-order valence-electron chi connectivity index (χ4n) is 2.07. The largest absolute Gasteiger partial charge is 0.360 e. The normalized spacial score (nSPS) is 11.2. The first-order valence-electron chi connectivity index (χ1n) is 7.82. The van der Waals surface area contributed by atoms with Crippen molar-refractivity contribution in [2.24, 2.45) is 0 Å². The molecular weight excluding hydrogens is 384 g/mol. The van der Waals surface area contributed by atoms with Crippen LogP contribution < -0.4 is 16.0 Å². The molecule has 10 heteroatoms. The highest BCUT2D eigenvalue weighted by Crippen LogP contribution is 2.16. The molecule has 0 saturated heterocycles. The van der Waals surface area contributed by atoms with Crippen LogP contribution in [0.25, 0.3) is 0 Å². The molecule has 2 rings (SSSR count). The molecule has 2 amide bonds. The summed E-state index contributed by atoms with van der Waals surface area (Å²) in [6.07, 6.45) is 1.22. The first-order valence-corrected chi connectivity index (χ1v) is 9.26. The summed E-state index contributed by atoms with van der Waals surface area (Å²) in [7, 11) is -4.33. The Bertz CT molecular complexity index is 1050. The van der Waals surface area contributed by atoms with Gasteiger partial charge < -0.3 is 16.0 Å². The summed E-state index contributed by atoms with van der Waals surface area (Å²) in [6.45, 7) is 1.39. The van der Waals surface area contributed by atoms with Crippen LogP contribution >= 0.6 is 0 Å². The van der Waals surface area contributed by atoms with Crippen LogP contribution in [-0.4, -0.2) is 24.8 Å². The van der Waals surface area contributed by atoms with Gasteiger partial charge in [0.25, 0.3) is 16.0 Å². The molecule has 144 valence electrons. The molecule has 0 aliphatic rings. The number of anilines is 3. The Hall–Kier alpha value is -3.68. The number of rotatable bonds is 6. The van der Waals surface area contributed by atoms with Crippen molar-refractivity contribution < 1.29 is 22.6 Å². The van der Waals surface area contributed by atoms with E-state index >= 15 is 0 Å². The third-order valence-corrected chi connectivity index (χ3v) is 4.23. The van der Waals surface area contributed by atoms with Crippen molar-refractivity contribution in [2.45, 2.75) is 11.8 Å². The minimum Gasteiger partial charge on any atom is -0.360 e.